The Kier molecular flexibility index (Phi) is 5.75. The Bertz CT molecular complexity index is 854. The molecule has 1 heterocycles. The predicted molar refractivity (Wildman–Crippen MR) is 93.7 cm³/mol. The third kappa shape index (κ3) is 4.87. The van der Waals surface area contributed by atoms with Gasteiger partial charge in [0.25, 0.3) is 5.91 Å². The van der Waals surface area contributed by atoms with E-state index in [9.17, 15) is 14.0 Å². The quantitative estimate of drug-likeness (QED) is 0.781. The number of anilines is 1. The van der Waals surface area contributed by atoms with Gasteiger partial charge in [0.1, 0.15) is 13.2 Å². The van der Waals surface area contributed by atoms with Crippen LogP contribution in [0.3, 0.4) is 0 Å². The zero-order valence-electron chi connectivity index (χ0n) is 14.6. The van der Waals surface area contributed by atoms with Crippen LogP contribution in [-0.2, 0) is 20.7 Å². The molecule has 0 spiro atoms. The first kappa shape index (κ1) is 18.5. The van der Waals surface area contributed by atoms with E-state index in [4.69, 9.17) is 18.9 Å². The average Bonchev–Trinajstić information content (AvgIpc) is 2.66. The molecule has 0 unspecified atom stereocenters. The number of amides is 1. The standard InChI is InChI=1S/C19H18FNO6/c1-24-15-4-2-12(8-14(15)20)9-19(23)27-11-18(22)21-13-3-5-16-17(10-13)26-7-6-25-16/h2-5,8,10H,6-7,9,11H2,1H3,(H,21,22). The summed E-state index contributed by atoms with van der Waals surface area (Å²) in [6.45, 7) is 0.465. The van der Waals surface area contributed by atoms with Crippen LogP contribution in [0.2, 0.25) is 0 Å². The monoisotopic (exact) mass is 375 g/mol. The lowest BCUT2D eigenvalue weighted by molar-refractivity contribution is -0.146. The van der Waals surface area contributed by atoms with Crippen molar-refractivity contribution in [2.24, 2.45) is 0 Å². The highest BCUT2D eigenvalue weighted by atomic mass is 19.1. The number of methoxy groups -OCH3 is 1. The molecule has 0 atom stereocenters. The molecule has 1 aliphatic heterocycles. The molecule has 3 rings (SSSR count). The number of esters is 1. The first-order valence-electron chi connectivity index (χ1n) is 8.22. The zero-order chi connectivity index (χ0) is 19.2. The molecule has 0 fully saturated rings. The highest BCUT2D eigenvalue weighted by molar-refractivity contribution is 5.93. The van der Waals surface area contributed by atoms with E-state index in [1.165, 1.54) is 19.2 Å². The molecule has 1 aliphatic rings. The Labute approximate surface area is 155 Å². The minimum atomic E-state index is -0.642. The molecule has 0 bridgehead atoms. The fraction of sp³-hybridized carbons (Fsp3) is 0.263. The fourth-order valence-corrected chi connectivity index (χ4v) is 2.50. The van der Waals surface area contributed by atoms with Crippen LogP contribution in [0.1, 0.15) is 5.56 Å². The molecule has 2 aromatic rings. The van der Waals surface area contributed by atoms with Crippen LogP contribution in [0, 0.1) is 5.82 Å². The van der Waals surface area contributed by atoms with E-state index in [1.807, 2.05) is 0 Å². The number of rotatable bonds is 6. The molecule has 0 saturated carbocycles. The number of halogens is 1. The Morgan fingerprint density at radius 2 is 1.89 bits per heavy atom. The summed E-state index contributed by atoms with van der Waals surface area (Å²) in [5.41, 5.74) is 0.920. The van der Waals surface area contributed by atoms with Crippen molar-refractivity contribution in [1.82, 2.24) is 0 Å². The summed E-state index contributed by atoms with van der Waals surface area (Å²) in [4.78, 5) is 23.8. The molecular formula is C19H18FNO6. The molecule has 142 valence electrons. The average molecular weight is 375 g/mol. The summed E-state index contributed by atoms with van der Waals surface area (Å²) in [5, 5.41) is 2.61. The maximum Gasteiger partial charge on any atom is 0.310 e. The lowest BCUT2D eigenvalue weighted by atomic mass is 10.1. The topological polar surface area (TPSA) is 83.1 Å². The number of hydrogen-bond acceptors (Lipinski definition) is 6. The van der Waals surface area contributed by atoms with Crippen molar-refractivity contribution in [3.63, 3.8) is 0 Å². The Morgan fingerprint density at radius 1 is 1.11 bits per heavy atom. The van der Waals surface area contributed by atoms with Gasteiger partial charge in [-0.15, -0.1) is 0 Å². The van der Waals surface area contributed by atoms with Gasteiger partial charge in [0.2, 0.25) is 0 Å². The third-order valence-electron chi connectivity index (χ3n) is 3.75. The molecule has 0 aromatic heterocycles. The lowest BCUT2D eigenvalue weighted by Crippen LogP contribution is -2.22. The van der Waals surface area contributed by atoms with Crippen molar-refractivity contribution >= 4 is 17.6 Å². The van der Waals surface area contributed by atoms with E-state index in [-0.39, 0.29) is 12.2 Å². The number of fused-ring (bicyclic) bond motifs is 1. The summed E-state index contributed by atoms with van der Waals surface area (Å²) in [6, 6.07) is 9.15. The normalized spacial score (nSPS) is 12.2. The largest absolute Gasteiger partial charge is 0.494 e. The van der Waals surface area contributed by atoms with Gasteiger partial charge in [-0.2, -0.15) is 0 Å². The smallest absolute Gasteiger partial charge is 0.310 e. The molecule has 27 heavy (non-hydrogen) atoms. The second-order valence-electron chi connectivity index (χ2n) is 5.71. The van der Waals surface area contributed by atoms with E-state index < -0.39 is 24.3 Å². The van der Waals surface area contributed by atoms with Gasteiger partial charge in [-0.1, -0.05) is 6.07 Å². The van der Waals surface area contributed by atoms with Crippen LogP contribution in [0.15, 0.2) is 36.4 Å². The number of carbonyl (C=O) groups excluding carboxylic acids is 2. The zero-order valence-corrected chi connectivity index (χ0v) is 14.6. The van der Waals surface area contributed by atoms with Crippen molar-refractivity contribution < 1.29 is 32.9 Å². The molecule has 1 amide bonds. The minimum absolute atomic E-state index is 0.0888. The molecular weight excluding hydrogens is 357 g/mol. The number of benzene rings is 2. The predicted octanol–water partition coefficient (Wildman–Crippen LogP) is 2.33. The van der Waals surface area contributed by atoms with Crippen LogP contribution < -0.4 is 19.5 Å². The first-order chi connectivity index (χ1) is 13.0. The summed E-state index contributed by atoms with van der Waals surface area (Å²) >= 11 is 0. The highest BCUT2D eigenvalue weighted by Crippen LogP contribution is 2.32. The Morgan fingerprint density at radius 3 is 2.63 bits per heavy atom. The maximum atomic E-state index is 13.6. The number of ether oxygens (including phenoxy) is 4. The van der Waals surface area contributed by atoms with E-state index in [1.54, 1.807) is 24.3 Å². The van der Waals surface area contributed by atoms with Gasteiger partial charge in [0.15, 0.2) is 29.7 Å². The van der Waals surface area contributed by atoms with Crippen molar-refractivity contribution in [1.29, 1.82) is 0 Å². The number of hydrogen-bond donors (Lipinski definition) is 1. The highest BCUT2D eigenvalue weighted by Gasteiger charge is 2.14. The van der Waals surface area contributed by atoms with E-state index >= 15 is 0 Å². The van der Waals surface area contributed by atoms with Crippen LogP contribution in [0.5, 0.6) is 17.2 Å². The number of nitrogens with one attached hydrogen (secondary N) is 1. The SMILES string of the molecule is COc1ccc(CC(=O)OCC(=O)Nc2ccc3c(c2)OCCO3)cc1F. The minimum Gasteiger partial charge on any atom is -0.494 e. The van der Waals surface area contributed by atoms with Crippen LogP contribution in [-0.4, -0.2) is 38.8 Å². The van der Waals surface area contributed by atoms with Crippen LogP contribution in [0.4, 0.5) is 10.1 Å². The molecule has 0 radical (unpaired) electrons. The van der Waals surface area contributed by atoms with Gasteiger partial charge in [0.05, 0.1) is 13.5 Å². The van der Waals surface area contributed by atoms with Crippen molar-refractivity contribution in [3.05, 3.63) is 47.8 Å². The third-order valence-corrected chi connectivity index (χ3v) is 3.75. The summed E-state index contributed by atoms with van der Waals surface area (Å²) in [5.74, 6) is -0.474. The Balaban J connectivity index is 1.48. The van der Waals surface area contributed by atoms with Gasteiger partial charge < -0.3 is 24.3 Å². The summed E-state index contributed by atoms with van der Waals surface area (Å²) in [6.07, 6.45) is -0.155. The number of carbonyl (C=O) groups is 2. The second kappa shape index (κ2) is 8.39. The van der Waals surface area contributed by atoms with Gasteiger partial charge in [-0.05, 0) is 29.8 Å². The fourth-order valence-electron chi connectivity index (χ4n) is 2.50. The van der Waals surface area contributed by atoms with E-state index in [0.717, 1.165) is 0 Å². The van der Waals surface area contributed by atoms with Gasteiger partial charge >= 0.3 is 5.97 Å². The first-order valence-corrected chi connectivity index (χ1v) is 8.22. The summed E-state index contributed by atoms with van der Waals surface area (Å²) < 4.78 is 34.2. The van der Waals surface area contributed by atoms with Gasteiger partial charge in [0, 0.05) is 11.8 Å². The maximum absolute atomic E-state index is 13.6. The lowest BCUT2D eigenvalue weighted by Gasteiger charge is -2.19. The van der Waals surface area contributed by atoms with Crippen LogP contribution >= 0.6 is 0 Å². The van der Waals surface area contributed by atoms with Crippen molar-refractivity contribution in [3.8, 4) is 17.2 Å². The second-order valence-corrected chi connectivity index (χ2v) is 5.71. The van der Waals surface area contributed by atoms with Gasteiger partial charge in [-0.3, -0.25) is 9.59 Å². The Hall–Kier alpha value is -3.29. The van der Waals surface area contributed by atoms with E-state index in [2.05, 4.69) is 5.32 Å². The molecule has 1 N–H and O–H groups in total. The van der Waals surface area contributed by atoms with Crippen molar-refractivity contribution in [2.75, 3.05) is 32.2 Å². The summed E-state index contributed by atoms with van der Waals surface area (Å²) in [7, 11) is 1.35. The molecule has 2 aromatic carbocycles. The molecule has 0 saturated heterocycles. The molecule has 7 nitrogen and oxygen atoms in total. The van der Waals surface area contributed by atoms with E-state index in [0.29, 0.717) is 36.0 Å². The van der Waals surface area contributed by atoms with Gasteiger partial charge in [-0.25, -0.2) is 4.39 Å². The molecule has 0 aliphatic carbocycles. The van der Waals surface area contributed by atoms with Crippen LogP contribution in [0.25, 0.3) is 0 Å². The van der Waals surface area contributed by atoms with Crippen molar-refractivity contribution in [2.45, 2.75) is 6.42 Å². The molecule has 8 heteroatoms.